The quantitative estimate of drug-likeness (QED) is 0.621. The van der Waals surface area contributed by atoms with Crippen molar-refractivity contribution in [1.82, 2.24) is 15.3 Å². The molecule has 1 saturated heterocycles. The van der Waals surface area contributed by atoms with E-state index < -0.39 is 0 Å². The number of pyridine rings is 2. The fraction of sp³-hybridized carbons (Fsp3) is 0.318. The van der Waals surface area contributed by atoms with Crippen molar-refractivity contribution >= 4 is 22.6 Å². The molecule has 1 fully saturated rings. The summed E-state index contributed by atoms with van der Waals surface area (Å²) in [5, 5.41) is 7.20. The molecule has 30 heavy (non-hydrogen) atoms. The summed E-state index contributed by atoms with van der Waals surface area (Å²) >= 11 is 0. The Morgan fingerprint density at radius 1 is 1.13 bits per heavy atom. The fourth-order valence-electron chi connectivity index (χ4n) is 3.64. The SMILES string of the molecule is COc1cc(-c2cc3ncccc3c(NCC3CNC(=O)C3)n2)cc(OC)c1OC. The topological polar surface area (TPSA) is 94.6 Å². The van der Waals surface area contributed by atoms with Gasteiger partial charge in [-0.05, 0) is 30.3 Å². The van der Waals surface area contributed by atoms with E-state index >= 15 is 0 Å². The highest BCUT2D eigenvalue weighted by Gasteiger charge is 2.22. The number of amides is 1. The summed E-state index contributed by atoms with van der Waals surface area (Å²) in [7, 11) is 4.74. The summed E-state index contributed by atoms with van der Waals surface area (Å²) in [5.41, 5.74) is 2.36. The van der Waals surface area contributed by atoms with E-state index in [0.717, 1.165) is 28.0 Å². The van der Waals surface area contributed by atoms with Crippen molar-refractivity contribution in [2.75, 3.05) is 39.7 Å². The number of aromatic nitrogens is 2. The van der Waals surface area contributed by atoms with Gasteiger partial charge in [-0.25, -0.2) is 4.98 Å². The van der Waals surface area contributed by atoms with E-state index in [1.165, 1.54) is 0 Å². The first-order chi connectivity index (χ1) is 14.6. The van der Waals surface area contributed by atoms with Gasteiger partial charge in [0.1, 0.15) is 5.82 Å². The zero-order valence-electron chi connectivity index (χ0n) is 17.2. The average molecular weight is 408 g/mol. The minimum atomic E-state index is 0.0902. The molecule has 2 N–H and O–H groups in total. The zero-order valence-corrected chi connectivity index (χ0v) is 17.2. The van der Waals surface area contributed by atoms with Gasteiger partial charge < -0.3 is 24.8 Å². The Morgan fingerprint density at radius 3 is 2.53 bits per heavy atom. The first-order valence-electron chi connectivity index (χ1n) is 9.69. The Balaban J connectivity index is 1.75. The molecule has 3 aromatic rings. The average Bonchev–Trinajstić information content (AvgIpc) is 3.21. The molecule has 0 radical (unpaired) electrons. The molecule has 2 aromatic heterocycles. The molecule has 3 heterocycles. The lowest BCUT2D eigenvalue weighted by atomic mass is 10.1. The number of hydrogen-bond acceptors (Lipinski definition) is 7. The second-order valence-electron chi connectivity index (χ2n) is 7.10. The molecule has 1 aromatic carbocycles. The predicted molar refractivity (Wildman–Crippen MR) is 114 cm³/mol. The largest absolute Gasteiger partial charge is 0.493 e. The number of benzene rings is 1. The van der Waals surface area contributed by atoms with Crippen molar-refractivity contribution < 1.29 is 19.0 Å². The summed E-state index contributed by atoms with van der Waals surface area (Å²) in [6.07, 6.45) is 2.28. The van der Waals surface area contributed by atoms with E-state index in [4.69, 9.17) is 19.2 Å². The summed E-state index contributed by atoms with van der Waals surface area (Å²) in [6.45, 7) is 1.32. The third-order valence-electron chi connectivity index (χ3n) is 5.18. The first-order valence-corrected chi connectivity index (χ1v) is 9.69. The number of carbonyl (C=O) groups excluding carboxylic acids is 1. The van der Waals surface area contributed by atoms with Gasteiger partial charge in [0.25, 0.3) is 0 Å². The van der Waals surface area contributed by atoms with Crippen LogP contribution in [0.25, 0.3) is 22.2 Å². The van der Waals surface area contributed by atoms with E-state index in [2.05, 4.69) is 15.6 Å². The Hall–Kier alpha value is -3.55. The molecular weight excluding hydrogens is 384 g/mol. The third-order valence-corrected chi connectivity index (χ3v) is 5.18. The Kier molecular flexibility index (Phi) is 5.56. The molecule has 4 rings (SSSR count). The van der Waals surface area contributed by atoms with Crippen molar-refractivity contribution in [3.8, 4) is 28.5 Å². The van der Waals surface area contributed by atoms with Crippen molar-refractivity contribution in [1.29, 1.82) is 0 Å². The number of hydrogen-bond donors (Lipinski definition) is 2. The highest BCUT2D eigenvalue weighted by molar-refractivity contribution is 5.92. The standard InChI is InChI=1S/C22H24N4O4/c1-28-18-8-14(9-19(29-2)21(18)30-3)16-10-17-15(5-4-6-23-17)22(26-16)25-12-13-7-20(27)24-11-13/h4-6,8-10,13H,7,11-12H2,1-3H3,(H,24,27)(H,25,26). The molecule has 1 unspecified atom stereocenters. The van der Waals surface area contributed by atoms with Crippen molar-refractivity contribution in [2.45, 2.75) is 6.42 Å². The van der Waals surface area contributed by atoms with Gasteiger partial charge in [-0.2, -0.15) is 0 Å². The molecular formula is C22H24N4O4. The maximum atomic E-state index is 11.5. The van der Waals surface area contributed by atoms with Gasteiger partial charge in [-0.15, -0.1) is 0 Å². The smallest absolute Gasteiger partial charge is 0.220 e. The summed E-state index contributed by atoms with van der Waals surface area (Å²) < 4.78 is 16.4. The summed E-state index contributed by atoms with van der Waals surface area (Å²) in [5.74, 6) is 2.69. The van der Waals surface area contributed by atoms with Crippen LogP contribution in [0, 0.1) is 5.92 Å². The monoisotopic (exact) mass is 408 g/mol. The van der Waals surface area contributed by atoms with E-state index in [1.54, 1.807) is 27.5 Å². The molecule has 0 aliphatic carbocycles. The first kappa shape index (κ1) is 19.8. The number of anilines is 1. The van der Waals surface area contributed by atoms with E-state index in [1.807, 2.05) is 30.3 Å². The number of methoxy groups -OCH3 is 3. The molecule has 0 bridgehead atoms. The highest BCUT2D eigenvalue weighted by Crippen LogP contribution is 2.41. The molecule has 0 spiro atoms. The Labute approximate surface area is 174 Å². The lowest BCUT2D eigenvalue weighted by Crippen LogP contribution is -2.18. The van der Waals surface area contributed by atoms with Crippen molar-refractivity contribution in [3.05, 3.63) is 36.5 Å². The molecule has 156 valence electrons. The van der Waals surface area contributed by atoms with Crippen LogP contribution < -0.4 is 24.8 Å². The van der Waals surface area contributed by atoms with Gasteiger partial charge in [-0.1, -0.05) is 0 Å². The van der Waals surface area contributed by atoms with E-state index in [0.29, 0.717) is 36.8 Å². The lowest BCUT2D eigenvalue weighted by Gasteiger charge is -2.16. The number of nitrogens with one attached hydrogen (secondary N) is 2. The molecule has 0 saturated carbocycles. The summed E-state index contributed by atoms with van der Waals surface area (Å²) in [4.78, 5) is 20.8. The van der Waals surface area contributed by atoms with Gasteiger partial charge in [0.15, 0.2) is 11.5 Å². The molecule has 8 heteroatoms. The molecule has 1 amide bonds. The minimum absolute atomic E-state index is 0.0902. The number of nitrogens with zero attached hydrogens (tertiary/aromatic N) is 2. The molecule has 1 atom stereocenters. The molecule has 8 nitrogen and oxygen atoms in total. The normalized spacial score (nSPS) is 15.7. The number of ether oxygens (including phenoxy) is 3. The number of carbonyl (C=O) groups is 1. The Bertz CT molecular complexity index is 1060. The van der Waals surface area contributed by atoms with Crippen LogP contribution in [0.4, 0.5) is 5.82 Å². The fourth-order valence-corrected chi connectivity index (χ4v) is 3.64. The van der Waals surface area contributed by atoms with Crippen LogP contribution in [0.2, 0.25) is 0 Å². The van der Waals surface area contributed by atoms with Gasteiger partial charge >= 0.3 is 0 Å². The van der Waals surface area contributed by atoms with Crippen LogP contribution in [-0.2, 0) is 4.79 Å². The number of fused-ring (bicyclic) bond motifs is 1. The third kappa shape index (κ3) is 3.80. The number of rotatable bonds is 7. The predicted octanol–water partition coefficient (Wildman–Crippen LogP) is 2.87. The van der Waals surface area contributed by atoms with Gasteiger partial charge in [0.2, 0.25) is 11.7 Å². The van der Waals surface area contributed by atoms with Crippen LogP contribution in [0.15, 0.2) is 36.5 Å². The highest BCUT2D eigenvalue weighted by atomic mass is 16.5. The lowest BCUT2D eigenvalue weighted by molar-refractivity contribution is -0.119. The van der Waals surface area contributed by atoms with Gasteiger partial charge in [0, 0.05) is 42.6 Å². The second-order valence-corrected chi connectivity index (χ2v) is 7.10. The van der Waals surface area contributed by atoms with Crippen LogP contribution in [0.3, 0.4) is 0 Å². The van der Waals surface area contributed by atoms with Gasteiger partial charge in [-0.3, -0.25) is 9.78 Å². The van der Waals surface area contributed by atoms with Crippen LogP contribution in [-0.4, -0.2) is 50.3 Å². The van der Waals surface area contributed by atoms with E-state index in [-0.39, 0.29) is 11.8 Å². The zero-order chi connectivity index (χ0) is 21.1. The Morgan fingerprint density at radius 2 is 1.90 bits per heavy atom. The van der Waals surface area contributed by atoms with Crippen LogP contribution >= 0.6 is 0 Å². The molecule has 1 aliphatic rings. The van der Waals surface area contributed by atoms with Crippen molar-refractivity contribution in [2.24, 2.45) is 5.92 Å². The summed E-state index contributed by atoms with van der Waals surface area (Å²) in [6, 6.07) is 9.52. The van der Waals surface area contributed by atoms with Crippen LogP contribution in [0.5, 0.6) is 17.2 Å². The maximum Gasteiger partial charge on any atom is 0.220 e. The van der Waals surface area contributed by atoms with Crippen molar-refractivity contribution in [3.63, 3.8) is 0 Å². The van der Waals surface area contributed by atoms with E-state index in [9.17, 15) is 4.79 Å². The molecule has 1 aliphatic heterocycles. The van der Waals surface area contributed by atoms with Crippen LogP contribution in [0.1, 0.15) is 6.42 Å². The minimum Gasteiger partial charge on any atom is -0.493 e. The maximum absolute atomic E-state index is 11.5. The van der Waals surface area contributed by atoms with Gasteiger partial charge in [0.05, 0.1) is 32.5 Å². The second kappa shape index (κ2) is 8.44.